The van der Waals surface area contributed by atoms with Crippen molar-refractivity contribution in [2.75, 3.05) is 12.3 Å². The number of hydrogen-bond donors (Lipinski definition) is 4. The predicted molar refractivity (Wildman–Crippen MR) is 68.7 cm³/mol. The summed E-state index contributed by atoms with van der Waals surface area (Å²) in [7, 11) is 0. The van der Waals surface area contributed by atoms with E-state index in [1.54, 1.807) is 22.6 Å². The Bertz CT molecular complexity index is 551. The van der Waals surface area contributed by atoms with Crippen molar-refractivity contribution in [3.63, 3.8) is 0 Å². The van der Waals surface area contributed by atoms with Crippen LogP contribution in [0.1, 0.15) is 6.23 Å². The molecule has 5 N–H and O–H groups in total. The van der Waals surface area contributed by atoms with Gasteiger partial charge in [-0.2, -0.15) is 4.98 Å². The standard InChI is InChI=1S/C9H11FIN3O5/c10-9(18)5(16)4(2-15)19-7(9)14-1-3(11)6(12)13-8(14)17/h1,4-5,7,15-16,18H,2H2,(H2,12,13,17)/t4-,5-,7-,9-/m1/s1. The number of halogens is 2. The average Bonchev–Trinajstić information content (AvgIpc) is 2.56. The van der Waals surface area contributed by atoms with Crippen LogP contribution in [0.25, 0.3) is 0 Å². The van der Waals surface area contributed by atoms with Crippen LogP contribution in [-0.2, 0) is 4.74 Å². The molecule has 1 aliphatic rings. The van der Waals surface area contributed by atoms with Crippen molar-refractivity contribution in [3.8, 4) is 0 Å². The molecule has 1 fully saturated rings. The molecule has 1 aromatic rings. The second-order valence-electron chi connectivity index (χ2n) is 4.05. The second-order valence-corrected chi connectivity index (χ2v) is 5.21. The highest BCUT2D eigenvalue weighted by molar-refractivity contribution is 14.1. The quantitative estimate of drug-likeness (QED) is 0.447. The van der Waals surface area contributed by atoms with Crippen molar-refractivity contribution in [3.05, 3.63) is 20.3 Å². The Kier molecular flexibility index (Phi) is 3.79. The summed E-state index contributed by atoms with van der Waals surface area (Å²) in [4.78, 5) is 15.1. The van der Waals surface area contributed by atoms with Crippen LogP contribution in [0.5, 0.6) is 0 Å². The maximum atomic E-state index is 14.1. The smallest absolute Gasteiger partial charge is 0.351 e. The zero-order chi connectivity index (χ0) is 14.4. The molecular formula is C9H11FIN3O5. The fraction of sp³-hybridized carbons (Fsp3) is 0.556. The molecule has 10 heteroatoms. The van der Waals surface area contributed by atoms with Crippen molar-refractivity contribution in [1.29, 1.82) is 0 Å². The number of aromatic nitrogens is 2. The molecule has 106 valence electrons. The number of ether oxygens (including phenoxy) is 1. The van der Waals surface area contributed by atoms with Crippen LogP contribution in [0.4, 0.5) is 10.2 Å². The molecule has 0 spiro atoms. The van der Waals surface area contributed by atoms with Crippen LogP contribution < -0.4 is 11.4 Å². The van der Waals surface area contributed by atoms with Gasteiger partial charge in [0, 0.05) is 6.20 Å². The molecule has 1 aromatic heterocycles. The Morgan fingerprint density at radius 1 is 1.68 bits per heavy atom. The highest BCUT2D eigenvalue weighted by atomic mass is 127. The number of nitrogen functional groups attached to an aromatic ring is 1. The van der Waals surface area contributed by atoms with E-state index in [4.69, 9.17) is 15.6 Å². The van der Waals surface area contributed by atoms with Gasteiger partial charge >= 0.3 is 5.69 Å². The molecule has 2 rings (SSSR count). The molecule has 0 radical (unpaired) electrons. The van der Waals surface area contributed by atoms with Crippen molar-refractivity contribution in [2.45, 2.75) is 24.3 Å². The van der Waals surface area contributed by atoms with Gasteiger partial charge in [-0.25, -0.2) is 9.18 Å². The molecule has 4 atom stereocenters. The minimum absolute atomic E-state index is 0.0403. The molecule has 0 amide bonds. The minimum Gasteiger partial charge on any atom is -0.394 e. The zero-order valence-electron chi connectivity index (χ0n) is 9.40. The van der Waals surface area contributed by atoms with Gasteiger partial charge in [0.25, 0.3) is 5.85 Å². The molecule has 2 heterocycles. The largest absolute Gasteiger partial charge is 0.394 e. The third kappa shape index (κ3) is 2.33. The highest BCUT2D eigenvalue weighted by Gasteiger charge is 2.57. The van der Waals surface area contributed by atoms with Gasteiger partial charge in [-0.15, -0.1) is 0 Å². The SMILES string of the molecule is Nc1nc(=O)n([C@@H]2O[C@H](CO)[C@@H](O)[C@]2(O)F)cc1I. The van der Waals surface area contributed by atoms with Gasteiger partial charge in [0.15, 0.2) is 6.23 Å². The molecule has 19 heavy (non-hydrogen) atoms. The van der Waals surface area contributed by atoms with Crippen LogP contribution >= 0.6 is 22.6 Å². The lowest BCUT2D eigenvalue weighted by molar-refractivity contribution is -0.197. The fourth-order valence-corrected chi connectivity index (χ4v) is 2.19. The normalized spacial score (nSPS) is 34.7. The molecule has 1 aliphatic heterocycles. The summed E-state index contributed by atoms with van der Waals surface area (Å²) in [5.41, 5.74) is 4.48. The Balaban J connectivity index is 2.48. The summed E-state index contributed by atoms with van der Waals surface area (Å²) in [6, 6.07) is 0. The minimum atomic E-state index is -3.22. The van der Waals surface area contributed by atoms with Crippen molar-refractivity contribution >= 4 is 28.4 Å². The molecule has 0 aliphatic carbocycles. The lowest BCUT2D eigenvalue weighted by Crippen LogP contribution is -2.45. The zero-order valence-corrected chi connectivity index (χ0v) is 11.6. The maximum Gasteiger partial charge on any atom is 0.351 e. The maximum absolute atomic E-state index is 14.1. The third-order valence-electron chi connectivity index (χ3n) is 2.78. The van der Waals surface area contributed by atoms with E-state index in [1.807, 2.05) is 0 Å². The van der Waals surface area contributed by atoms with Gasteiger partial charge in [-0.3, -0.25) is 4.57 Å². The Labute approximate surface area is 119 Å². The Hall–Kier alpha value is -0.820. The van der Waals surface area contributed by atoms with E-state index in [0.29, 0.717) is 8.14 Å². The summed E-state index contributed by atoms with van der Waals surface area (Å²) in [6.45, 7) is -0.710. The second kappa shape index (κ2) is 4.94. The number of aliphatic hydroxyl groups is 3. The van der Waals surface area contributed by atoms with Gasteiger partial charge in [-0.1, -0.05) is 0 Å². The van der Waals surface area contributed by atoms with Crippen LogP contribution in [0, 0.1) is 3.57 Å². The Morgan fingerprint density at radius 3 is 2.84 bits per heavy atom. The third-order valence-corrected chi connectivity index (χ3v) is 3.61. The summed E-state index contributed by atoms with van der Waals surface area (Å²) in [5, 5.41) is 28.0. The fourth-order valence-electron chi connectivity index (χ4n) is 1.77. The van der Waals surface area contributed by atoms with Crippen LogP contribution in [0.2, 0.25) is 0 Å². The van der Waals surface area contributed by atoms with E-state index in [1.165, 1.54) is 0 Å². The molecule has 0 unspecified atom stereocenters. The first kappa shape index (κ1) is 14.6. The van der Waals surface area contributed by atoms with Gasteiger partial charge in [0.1, 0.15) is 18.0 Å². The topological polar surface area (TPSA) is 131 Å². The number of aliphatic hydroxyl groups excluding tert-OH is 2. The number of hydrogen-bond acceptors (Lipinski definition) is 7. The van der Waals surface area contributed by atoms with Crippen molar-refractivity contribution in [2.24, 2.45) is 0 Å². The van der Waals surface area contributed by atoms with E-state index < -0.39 is 36.6 Å². The lowest BCUT2D eigenvalue weighted by Gasteiger charge is -2.23. The van der Waals surface area contributed by atoms with Crippen molar-refractivity contribution < 1.29 is 24.4 Å². The van der Waals surface area contributed by atoms with Crippen LogP contribution in [0.3, 0.4) is 0 Å². The summed E-state index contributed by atoms with van der Waals surface area (Å²) < 4.78 is 20.0. The number of anilines is 1. The molecule has 0 bridgehead atoms. The predicted octanol–water partition coefficient (Wildman–Crippen LogP) is -1.66. The average molecular weight is 387 g/mol. The van der Waals surface area contributed by atoms with Gasteiger partial charge in [0.05, 0.1) is 10.2 Å². The summed E-state index contributed by atoms with van der Waals surface area (Å²) in [5.74, 6) is -3.26. The first-order valence-electron chi connectivity index (χ1n) is 5.19. The van der Waals surface area contributed by atoms with E-state index in [2.05, 4.69) is 4.98 Å². The van der Waals surface area contributed by atoms with Gasteiger partial charge < -0.3 is 25.8 Å². The molecule has 0 saturated carbocycles. The van der Waals surface area contributed by atoms with Crippen LogP contribution in [-0.4, -0.2) is 49.5 Å². The van der Waals surface area contributed by atoms with Crippen molar-refractivity contribution in [1.82, 2.24) is 9.55 Å². The van der Waals surface area contributed by atoms with E-state index in [-0.39, 0.29) is 5.82 Å². The number of alkyl halides is 1. The molecular weight excluding hydrogens is 376 g/mol. The molecule has 0 aromatic carbocycles. The first-order valence-corrected chi connectivity index (χ1v) is 6.26. The lowest BCUT2D eigenvalue weighted by atomic mass is 10.1. The van der Waals surface area contributed by atoms with E-state index in [0.717, 1.165) is 6.20 Å². The van der Waals surface area contributed by atoms with Gasteiger partial charge in [-0.05, 0) is 22.6 Å². The highest BCUT2D eigenvalue weighted by Crippen LogP contribution is 2.38. The van der Waals surface area contributed by atoms with E-state index in [9.17, 15) is 19.4 Å². The van der Waals surface area contributed by atoms with Gasteiger partial charge in [0.2, 0.25) is 0 Å². The molecule has 1 saturated heterocycles. The van der Waals surface area contributed by atoms with E-state index >= 15 is 0 Å². The number of nitrogens with zero attached hydrogens (tertiary/aromatic N) is 2. The summed E-state index contributed by atoms with van der Waals surface area (Å²) in [6.07, 6.45) is -3.99. The molecule has 8 nitrogen and oxygen atoms in total. The first-order chi connectivity index (χ1) is 8.78. The Morgan fingerprint density at radius 2 is 2.32 bits per heavy atom. The number of rotatable bonds is 2. The summed E-state index contributed by atoms with van der Waals surface area (Å²) >= 11 is 1.77. The number of nitrogens with two attached hydrogens (primary N) is 1. The van der Waals surface area contributed by atoms with Crippen LogP contribution in [0.15, 0.2) is 11.0 Å². The monoisotopic (exact) mass is 387 g/mol.